The molecule has 1 aromatic carbocycles. The first-order valence-corrected chi connectivity index (χ1v) is 7.16. The normalized spacial score (nSPS) is 10.7. The van der Waals surface area contributed by atoms with Crippen LogP contribution in [-0.2, 0) is 4.79 Å². The summed E-state index contributed by atoms with van der Waals surface area (Å²) in [6.07, 6.45) is 1.69. The molecule has 0 bridgehead atoms. The highest BCUT2D eigenvalue weighted by Gasteiger charge is 2.09. The highest BCUT2D eigenvalue weighted by Crippen LogP contribution is 2.18. The van der Waals surface area contributed by atoms with Gasteiger partial charge in [0, 0.05) is 17.0 Å². The van der Waals surface area contributed by atoms with Gasteiger partial charge in [0.25, 0.3) is 0 Å². The summed E-state index contributed by atoms with van der Waals surface area (Å²) in [6.45, 7) is 4.06. The largest absolute Gasteiger partial charge is 0.310 e. The zero-order valence-electron chi connectivity index (χ0n) is 11.0. The number of thioether (sulfide) groups is 1. The first kappa shape index (κ1) is 13.7. The maximum Gasteiger partial charge on any atom is 0.235 e. The standard InChI is InChI=1S/C14H17N3OS/c1-11(2)17-13(8-9-15-17)16-14(18)10-19-12-6-4-3-5-7-12/h3-9,11H,10H2,1-2H3,(H,16,18). The molecule has 0 saturated carbocycles. The van der Waals surface area contributed by atoms with Gasteiger partial charge >= 0.3 is 0 Å². The molecular weight excluding hydrogens is 258 g/mol. The van der Waals surface area contributed by atoms with Crippen LogP contribution >= 0.6 is 11.8 Å². The molecule has 0 aliphatic rings. The second-order valence-electron chi connectivity index (χ2n) is 4.40. The monoisotopic (exact) mass is 275 g/mol. The Kier molecular flexibility index (Phi) is 4.63. The van der Waals surface area contributed by atoms with Crippen LogP contribution in [0.2, 0.25) is 0 Å². The number of nitrogens with one attached hydrogen (secondary N) is 1. The van der Waals surface area contributed by atoms with E-state index in [0.717, 1.165) is 10.7 Å². The number of carbonyl (C=O) groups is 1. The predicted octanol–water partition coefficient (Wildman–Crippen LogP) is 3.19. The van der Waals surface area contributed by atoms with Crippen LogP contribution in [0.1, 0.15) is 19.9 Å². The Bertz CT molecular complexity index is 537. The van der Waals surface area contributed by atoms with Crippen molar-refractivity contribution in [2.24, 2.45) is 0 Å². The maximum atomic E-state index is 11.9. The first-order valence-electron chi connectivity index (χ1n) is 6.18. The van der Waals surface area contributed by atoms with Crippen molar-refractivity contribution in [1.29, 1.82) is 0 Å². The van der Waals surface area contributed by atoms with Gasteiger partial charge in [-0.05, 0) is 26.0 Å². The van der Waals surface area contributed by atoms with E-state index in [1.165, 1.54) is 11.8 Å². The van der Waals surface area contributed by atoms with Crippen LogP contribution in [0.3, 0.4) is 0 Å². The summed E-state index contributed by atoms with van der Waals surface area (Å²) in [7, 11) is 0. The van der Waals surface area contributed by atoms with E-state index in [9.17, 15) is 4.79 Å². The highest BCUT2D eigenvalue weighted by molar-refractivity contribution is 8.00. The highest BCUT2D eigenvalue weighted by atomic mass is 32.2. The van der Waals surface area contributed by atoms with Crippen molar-refractivity contribution in [3.05, 3.63) is 42.6 Å². The summed E-state index contributed by atoms with van der Waals surface area (Å²) >= 11 is 1.52. The van der Waals surface area contributed by atoms with Gasteiger partial charge in [-0.25, -0.2) is 4.68 Å². The van der Waals surface area contributed by atoms with Crippen molar-refractivity contribution >= 4 is 23.5 Å². The van der Waals surface area contributed by atoms with Crippen LogP contribution in [0.15, 0.2) is 47.5 Å². The molecule has 0 fully saturated rings. The number of hydrogen-bond acceptors (Lipinski definition) is 3. The number of amides is 1. The van der Waals surface area contributed by atoms with Crippen molar-refractivity contribution in [1.82, 2.24) is 9.78 Å². The maximum absolute atomic E-state index is 11.9. The third-order valence-corrected chi connectivity index (χ3v) is 3.55. The van der Waals surface area contributed by atoms with Gasteiger partial charge < -0.3 is 5.32 Å². The molecule has 0 atom stereocenters. The second-order valence-corrected chi connectivity index (χ2v) is 5.45. The molecule has 1 heterocycles. The van der Waals surface area contributed by atoms with Gasteiger partial charge in [-0.3, -0.25) is 4.79 Å². The molecule has 0 aliphatic carbocycles. The minimum atomic E-state index is -0.0174. The van der Waals surface area contributed by atoms with Crippen molar-refractivity contribution in [3.8, 4) is 0 Å². The van der Waals surface area contributed by atoms with Crippen molar-refractivity contribution < 1.29 is 4.79 Å². The average Bonchev–Trinajstić information content (AvgIpc) is 2.86. The van der Waals surface area contributed by atoms with Gasteiger partial charge in [0.15, 0.2) is 0 Å². The Morgan fingerprint density at radius 2 is 2.05 bits per heavy atom. The lowest BCUT2D eigenvalue weighted by atomic mass is 10.4. The number of nitrogens with zero attached hydrogens (tertiary/aromatic N) is 2. The minimum absolute atomic E-state index is 0.0174. The average molecular weight is 275 g/mol. The lowest BCUT2D eigenvalue weighted by Crippen LogP contribution is -2.18. The van der Waals surface area contributed by atoms with Crippen LogP contribution in [-0.4, -0.2) is 21.4 Å². The fourth-order valence-corrected chi connectivity index (χ4v) is 2.39. The Balaban J connectivity index is 1.89. The van der Waals surface area contributed by atoms with Crippen molar-refractivity contribution in [3.63, 3.8) is 0 Å². The third kappa shape index (κ3) is 3.86. The quantitative estimate of drug-likeness (QED) is 0.852. The number of anilines is 1. The molecule has 2 aromatic rings. The summed E-state index contributed by atoms with van der Waals surface area (Å²) in [5.41, 5.74) is 0. The zero-order chi connectivity index (χ0) is 13.7. The van der Waals surface area contributed by atoms with Crippen LogP contribution in [0.25, 0.3) is 0 Å². The molecule has 100 valence electrons. The molecule has 0 aliphatic heterocycles. The fraction of sp³-hybridized carbons (Fsp3) is 0.286. The van der Waals surface area contributed by atoms with Crippen LogP contribution in [0, 0.1) is 0 Å². The molecule has 0 unspecified atom stereocenters. The second kappa shape index (κ2) is 6.43. The lowest BCUT2D eigenvalue weighted by Gasteiger charge is -2.11. The van der Waals surface area contributed by atoms with Crippen LogP contribution in [0.4, 0.5) is 5.82 Å². The van der Waals surface area contributed by atoms with E-state index >= 15 is 0 Å². The van der Waals surface area contributed by atoms with Gasteiger partial charge in [0.1, 0.15) is 5.82 Å². The zero-order valence-corrected chi connectivity index (χ0v) is 11.9. The number of benzene rings is 1. The third-order valence-electron chi connectivity index (χ3n) is 2.54. The Morgan fingerprint density at radius 3 is 2.74 bits per heavy atom. The van der Waals surface area contributed by atoms with E-state index < -0.39 is 0 Å². The molecule has 5 heteroatoms. The van der Waals surface area contributed by atoms with Gasteiger partial charge in [-0.1, -0.05) is 18.2 Å². The molecule has 1 aromatic heterocycles. The van der Waals surface area contributed by atoms with E-state index in [2.05, 4.69) is 10.4 Å². The topological polar surface area (TPSA) is 46.9 Å². The van der Waals surface area contributed by atoms with Gasteiger partial charge in [-0.15, -0.1) is 11.8 Å². The van der Waals surface area contributed by atoms with Crippen molar-refractivity contribution in [2.75, 3.05) is 11.1 Å². The fourth-order valence-electron chi connectivity index (χ4n) is 1.67. The van der Waals surface area contributed by atoms with E-state index in [4.69, 9.17) is 0 Å². The number of carbonyl (C=O) groups excluding carboxylic acids is 1. The van der Waals surface area contributed by atoms with Gasteiger partial charge in [0.2, 0.25) is 5.91 Å². The molecule has 0 spiro atoms. The number of hydrogen-bond donors (Lipinski definition) is 1. The first-order chi connectivity index (χ1) is 9.16. The van der Waals surface area contributed by atoms with Gasteiger partial charge in [0.05, 0.1) is 11.9 Å². The smallest absolute Gasteiger partial charge is 0.235 e. The SMILES string of the molecule is CC(C)n1nccc1NC(=O)CSc1ccccc1. The van der Waals surface area contributed by atoms with Crippen LogP contribution < -0.4 is 5.32 Å². The molecule has 19 heavy (non-hydrogen) atoms. The molecule has 0 radical (unpaired) electrons. The summed E-state index contributed by atoms with van der Waals surface area (Å²) in [5, 5.41) is 7.06. The lowest BCUT2D eigenvalue weighted by molar-refractivity contribution is -0.113. The molecule has 2 rings (SSSR count). The van der Waals surface area contributed by atoms with E-state index in [0.29, 0.717) is 5.75 Å². The van der Waals surface area contributed by atoms with E-state index in [-0.39, 0.29) is 11.9 Å². The van der Waals surface area contributed by atoms with E-state index in [1.807, 2.05) is 50.2 Å². The Labute approximate surface area is 117 Å². The Morgan fingerprint density at radius 1 is 1.32 bits per heavy atom. The number of aromatic nitrogens is 2. The van der Waals surface area contributed by atoms with E-state index in [1.54, 1.807) is 10.9 Å². The molecular formula is C14H17N3OS. The summed E-state index contributed by atoms with van der Waals surface area (Å²) in [5.74, 6) is 1.12. The molecule has 1 N–H and O–H groups in total. The Hall–Kier alpha value is -1.75. The molecule has 0 saturated heterocycles. The summed E-state index contributed by atoms with van der Waals surface area (Å²) in [4.78, 5) is 13.0. The molecule has 1 amide bonds. The summed E-state index contributed by atoms with van der Waals surface area (Å²) < 4.78 is 1.80. The minimum Gasteiger partial charge on any atom is -0.310 e. The molecule has 4 nitrogen and oxygen atoms in total. The number of rotatable bonds is 5. The van der Waals surface area contributed by atoms with Crippen molar-refractivity contribution in [2.45, 2.75) is 24.8 Å². The predicted molar refractivity (Wildman–Crippen MR) is 78.4 cm³/mol. The summed E-state index contributed by atoms with van der Waals surface area (Å²) in [6, 6.07) is 11.9. The van der Waals surface area contributed by atoms with Crippen LogP contribution in [0.5, 0.6) is 0 Å². The van der Waals surface area contributed by atoms with Gasteiger partial charge in [-0.2, -0.15) is 5.10 Å².